The standard InChI is InChI=1S/C16H19N5/c1-12-16(20-15-5-3-2-4-14(15)18-12)19-13-6-9-21(10-7-13)11-8-17/h2-5,13H,6-7,9-11H2,1H3,(H,19,20). The summed E-state index contributed by atoms with van der Waals surface area (Å²) in [7, 11) is 0. The Morgan fingerprint density at radius 3 is 2.57 bits per heavy atom. The minimum absolute atomic E-state index is 0.411. The van der Waals surface area contributed by atoms with E-state index in [-0.39, 0.29) is 0 Å². The molecule has 3 rings (SSSR count). The zero-order chi connectivity index (χ0) is 14.7. The number of nitrogens with one attached hydrogen (secondary N) is 1. The van der Waals surface area contributed by atoms with Crippen molar-refractivity contribution in [1.82, 2.24) is 14.9 Å². The van der Waals surface area contributed by atoms with E-state index in [1.807, 2.05) is 31.2 Å². The Morgan fingerprint density at radius 1 is 1.24 bits per heavy atom. The highest BCUT2D eigenvalue weighted by molar-refractivity contribution is 5.76. The highest BCUT2D eigenvalue weighted by Gasteiger charge is 2.19. The molecule has 0 atom stereocenters. The fraction of sp³-hybridized carbons (Fsp3) is 0.438. The van der Waals surface area contributed by atoms with Crippen LogP contribution in [0.25, 0.3) is 11.0 Å². The minimum Gasteiger partial charge on any atom is -0.366 e. The van der Waals surface area contributed by atoms with E-state index in [0.29, 0.717) is 12.6 Å². The zero-order valence-corrected chi connectivity index (χ0v) is 12.2. The van der Waals surface area contributed by atoms with Gasteiger partial charge in [0.1, 0.15) is 5.82 Å². The van der Waals surface area contributed by atoms with Crippen LogP contribution < -0.4 is 5.32 Å². The largest absolute Gasteiger partial charge is 0.366 e. The van der Waals surface area contributed by atoms with E-state index in [4.69, 9.17) is 5.26 Å². The van der Waals surface area contributed by atoms with E-state index >= 15 is 0 Å². The number of aryl methyl sites for hydroxylation is 1. The topological polar surface area (TPSA) is 64.8 Å². The van der Waals surface area contributed by atoms with Crippen molar-refractivity contribution in [3.63, 3.8) is 0 Å². The predicted octanol–water partition coefficient (Wildman–Crippen LogP) is 2.34. The number of para-hydroxylation sites is 2. The Labute approximate surface area is 124 Å². The van der Waals surface area contributed by atoms with Gasteiger partial charge in [0.05, 0.1) is 29.3 Å². The molecule has 5 nitrogen and oxygen atoms in total. The van der Waals surface area contributed by atoms with Gasteiger partial charge in [-0.2, -0.15) is 5.26 Å². The van der Waals surface area contributed by atoms with Crippen LogP contribution in [-0.4, -0.2) is 40.5 Å². The molecule has 0 spiro atoms. The van der Waals surface area contributed by atoms with Crippen LogP contribution in [0.15, 0.2) is 24.3 Å². The van der Waals surface area contributed by atoms with Crippen molar-refractivity contribution in [2.45, 2.75) is 25.8 Å². The van der Waals surface area contributed by atoms with Crippen LogP contribution in [0.2, 0.25) is 0 Å². The first-order chi connectivity index (χ1) is 10.3. The van der Waals surface area contributed by atoms with E-state index in [1.54, 1.807) is 0 Å². The molecule has 108 valence electrons. The second-order valence-electron chi connectivity index (χ2n) is 5.50. The van der Waals surface area contributed by atoms with Crippen molar-refractivity contribution in [3.8, 4) is 6.07 Å². The number of anilines is 1. The Kier molecular flexibility index (Phi) is 3.98. The maximum Gasteiger partial charge on any atom is 0.148 e. The molecule has 0 aliphatic carbocycles. The van der Waals surface area contributed by atoms with Crippen LogP contribution >= 0.6 is 0 Å². The monoisotopic (exact) mass is 281 g/mol. The summed E-state index contributed by atoms with van der Waals surface area (Å²) in [6.45, 7) is 4.45. The average Bonchev–Trinajstić information content (AvgIpc) is 2.50. The first kappa shape index (κ1) is 13.8. The Balaban J connectivity index is 1.71. The van der Waals surface area contributed by atoms with Crippen molar-refractivity contribution in [2.75, 3.05) is 25.0 Å². The molecule has 0 amide bonds. The third-order valence-electron chi connectivity index (χ3n) is 3.97. The molecule has 21 heavy (non-hydrogen) atoms. The molecule has 1 aliphatic heterocycles. The van der Waals surface area contributed by atoms with E-state index in [1.165, 1.54) is 0 Å². The summed E-state index contributed by atoms with van der Waals surface area (Å²) in [4.78, 5) is 11.5. The summed E-state index contributed by atoms with van der Waals surface area (Å²) in [6.07, 6.45) is 2.07. The second kappa shape index (κ2) is 6.06. The van der Waals surface area contributed by atoms with Crippen molar-refractivity contribution in [2.24, 2.45) is 0 Å². The summed E-state index contributed by atoms with van der Waals surface area (Å²) in [5.74, 6) is 0.882. The third-order valence-corrected chi connectivity index (χ3v) is 3.97. The van der Waals surface area contributed by atoms with Gasteiger partial charge in [0.2, 0.25) is 0 Å². The minimum atomic E-state index is 0.411. The SMILES string of the molecule is Cc1nc2ccccc2nc1NC1CCN(CC#N)CC1. The lowest BCUT2D eigenvalue weighted by Gasteiger charge is -2.31. The quantitative estimate of drug-likeness (QED) is 0.875. The number of piperidine rings is 1. The molecule has 0 saturated carbocycles. The molecule has 1 aliphatic rings. The smallest absolute Gasteiger partial charge is 0.148 e. The summed E-state index contributed by atoms with van der Waals surface area (Å²) < 4.78 is 0. The Bertz CT molecular complexity index is 668. The number of nitrogens with zero attached hydrogens (tertiary/aromatic N) is 4. The summed E-state index contributed by atoms with van der Waals surface area (Å²) in [5.41, 5.74) is 2.80. The molecular weight excluding hydrogens is 262 g/mol. The lowest BCUT2D eigenvalue weighted by atomic mass is 10.1. The molecule has 1 N–H and O–H groups in total. The number of rotatable bonds is 3. The molecule has 1 fully saturated rings. The van der Waals surface area contributed by atoms with Gasteiger partial charge in [0.15, 0.2) is 0 Å². The molecule has 5 heteroatoms. The van der Waals surface area contributed by atoms with Crippen LogP contribution in [-0.2, 0) is 0 Å². The molecule has 0 radical (unpaired) electrons. The molecular formula is C16H19N5. The van der Waals surface area contributed by atoms with Crippen molar-refractivity contribution in [3.05, 3.63) is 30.0 Å². The van der Waals surface area contributed by atoms with Gasteiger partial charge in [-0.1, -0.05) is 12.1 Å². The molecule has 1 saturated heterocycles. The summed E-state index contributed by atoms with van der Waals surface area (Å²) >= 11 is 0. The Morgan fingerprint density at radius 2 is 1.90 bits per heavy atom. The zero-order valence-electron chi connectivity index (χ0n) is 12.2. The number of aromatic nitrogens is 2. The first-order valence-electron chi connectivity index (χ1n) is 7.35. The van der Waals surface area contributed by atoms with Crippen LogP contribution in [0.1, 0.15) is 18.5 Å². The fourth-order valence-corrected chi connectivity index (χ4v) is 2.75. The molecule has 1 aromatic carbocycles. The van der Waals surface area contributed by atoms with Crippen molar-refractivity contribution >= 4 is 16.9 Å². The molecule has 2 heterocycles. The lowest BCUT2D eigenvalue weighted by molar-refractivity contribution is 0.242. The van der Waals surface area contributed by atoms with Crippen LogP contribution in [0.5, 0.6) is 0 Å². The van der Waals surface area contributed by atoms with Gasteiger partial charge >= 0.3 is 0 Å². The summed E-state index contributed by atoms with van der Waals surface area (Å²) in [6, 6.07) is 10.6. The predicted molar refractivity (Wildman–Crippen MR) is 83.0 cm³/mol. The van der Waals surface area contributed by atoms with Crippen LogP contribution in [0, 0.1) is 18.3 Å². The highest BCUT2D eigenvalue weighted by atomic mass is 15.1. The second-order valence-corrected chi connectivity index (χ2v) is 5.50. The van der Waals surface area contributed by atoms with Gasteiger partial charge in [-0.05, 0) is 31.9 Å². The first-order valence-corrected chi connectivity index (χ1v) is 7.35. The van der Waals surface area contributed by atoms with Crippen LogP contribution in [0.4, 0.5) is 5.82 Å². The number of hydrogen-bond donors (Lipinski definition) is 1. The van der Waals surface area contributed by atoms with Gasteiger partial charge in [-0.15, -0.1) is 0 Å². The van der Waals surface area contributed by atoms with Gasteiger partial charge in [0, 0.05) is 19.1 Å². The maximum absolute atomic E-state index is 8.73. The Hall–Kier alpha value is -2.19. The normalized spacial score (nSPS) is 16.8. The van der Waals surface area contributed by atoms with Crippen LogP contribution in [0.3, 0.4) is 0 Å². The van der Waals surface area contributed by atoms with Crippen molar-refractivity contribution in [1.29, 1.82) is 5.26 Å². The van der Waals surface area contributed by atoms with Gasteiger partial charge in [-0.3, -0.25) is 4.90 Å². The van der Waals surface area contributed by atoms with Gasteiger partial charge in [-0.25, -0.2) is 9.97 Å². The number of fused-ring (bicyclic) bond motifs is 1. The molecule has 2 aromatic rings. The number of likely N-dealkylation sites (tertiary alicyclic amines) is 1. The average molecular weight is 281 g/mol. The summed E-state index contributed by atoms with van der Waals surface area (Å²) in [5, 5.41) is 12.3. The van der Waals surface area contributed by atoms with Crippen molar-refractivity contribution < 1.29 is 0 Å². The van der Waals surface area contributed by atoms with E-state index in [9.17, 15) is 0 Å². The van der Waals surface area contributed by atoms with E-state index in [2.05, 4.69) is 26.3 Å². The fourth-order valence-electron chi connectivity index (χ4n) is 2.75. The molecule has 0 unspecified atom stereocenters. The van der Waals surface area contributed by atoms with E-state index in [0.717, 1.165) is 48.5 Å². The van der Waals surface area contributed by atoms with E-state index < -0.39 is 0 Å². The van der Waals surface area contributed by atoms with Gasteiger partial charge in [0.25, 0.3) is 0 Å². The number of nitriles is 1. The lowest BCUT2D eigenvalue weighted by Crippen LogP contribution is -2.39. The molecule has 0 bridgehead atoms. The number of hydrogen-bond acceptors (Lipinski definition) is 5. The molecule has 1 aromatic heterocycles. The number of benzene rings is 1. The third kappa shape index (κ3) is 3.11. The van der Waals surface area contributed by atoms with Gasteiger partial charge < -0.3 is 5.32 Å². The highest BCUT2D eigenvalue weighted by Crippen LogP contribution is 2.20. The maximum atomic E-state index is 8.73.